The largest absolute Gasteiger partial charge is 0.393 e. The van der Waals surface area contributed by atoms with Crippen LogP contribution in [0, 0.1) is 18.3 Å². The van der Waals surface area contributed by atoms with Crippen molar-refractivity contribution < 1.29 is 10.2 Å². The number of rotatable bonds is 4. The van der Waals surface area contributed by atoms with Crippen LogP contribution in [0.4, 0.5) is 5.69 Å². The maximum absolute atomic E-state index is 9.61. The maximum atomic E-state index is 9.61. The van der Waals surface area contributed by atoms with E-state index in [1.807, 2.05) is 13.0 Å². The first-order chi connectivity index (χ1) is 7.48. The molecule has 0 aliphatic heterocycles. The van der Waals surface area contributed by atoms with Crippen LogP contribution in [0.5, 0.6) is 0 Å². The van der Waals surface area contributed by atoms with Crippen molar-refractivity contribution in [1.29, 1.82) is 5.26 Å². The minimum atomic E-state index is -1.18. The van der Waals surface area contributed by atoms with Crippen LogP contribution in [0.3, 0.4) is 0 Å². The van der Waals surface area contributed by atoms with E-state index in [1.165, 1.54) is 6.92 Å². The smallest absolute Gasteiger partial charge is 0.102 e. The van der Waals surface area contributed by atoms with Gasteiger partial charge in [-0.2, -0.15) is 5.26 Å². The summed E-state index contributed by atoms with van der Waals surface area (Å²) in [6.07, 6.45) is 0. The standard InChI is InChI=1S/C12H16N2O2/c1-9-3-4-11(10(5-9)6-13)14-7-12(2,16)8-15/h3-5,14-16H,7-8H2,1-2H3. The van der Waals surface area contributed by atoms with E-state index in [9.17, 15) is 5.11 Å². The molecule has 0 aromatic heterocycles. The molecule has 1 rings (SSSR count). The molecule has 0 radical (unpaired) electrons. The molecule has 0 spiro atoms. The summed E-state index contributed by atoms with van der Waals surface area (Å²) in [7, 11) is 0. The summed E-state index contributed by atoms with van der Waals surface area (Å²) in [4.78, 5) is 0. The van der Waals surface area contributed by atoms with E-state index in [0.717, 1.165) is 5.56 Å². The molecular formula is C12H16N2O2. The van der Waals surface area contributed by atoms with Gasteiger partial charge in [-0.15, -0.1) is 0 Å². The fourth-order valence-electron chi connectivity index (χ4n) is 1.25. The quantitative estimate of drug-likeness (QED) is 0.708. The summed E-state index contributed by atoms with van der Waals surface area (Å²) in [5.74, 6) is 0. The van der Waals surface area contributed by atoms with E-state index < -0.39 is 5.60 Å². The van der Waals surface area contributed by atoms with E-state index in [1.54, 1.807) is 12.1 Å². The number of aryl methyl sites for hydroxylation is 1. The first-order valence-corrected chi connectivity index (χ1v) is 5.06. The Hall–Kier alpha value is -1.57. The summed E-state index contributed by atoms with van der Waals surface area (Å²) in [6, 6.07) is 7.54. The molecule has 0 fully saturated rings. The lowest BCUT2D eigenvalue weighted by Gasteiger charge is -2.21. The van der Waals surface area contributed by atoms with Gasteiger partial charge in [0, 0.05) is 6.54 Å². The molecule has 1 aromatic carbocycles. The highest BCUT2D eigenvalue weighted by molar-refractivity contribution is 5.58. The molecule has 0 saturated heterocycles. The minimum absolute atomic E-state index is 0.196. The predicted molar refractivity (Wildman–Crippen MR) is 62.1 cm³/mol. The molecule has 0 saturated carbocycles. The first-order valence-electron chi connectivity index (χ1n) is 5.06. The van der Waals surface area contributed by atoms with Crippen molar-refractivity contribution in [2.75, 3.05) is 18.5 Å². The SMILES string of the molecule is Cc1ccc(NCC(C)(O)CO)c(C#N)c1. The minimum Gasteiger partial charge on any atom is -0.393 e. The van der Waals surface area contributed by atoms with E-state index in [-0.39, 0.29) is 13.2 Å². The summed E-state index contributed by atoms with van der Waals surface area (Å²) in [5, 5.41) is 30.4. The molecule has 0 bridgehead atoms. The van der Waals surface area contributed by atoms with Gasteiger partial charge >= 0.3 is 0 Å². The van der Waals surface area contributed by atoms with Gasteiger partial charge in [-0.25, -0.2) is 0 Å². The molecule has 4 nitrogen and oxygen atoms in total. The molecule has 1 aromatic rings. The molecule has 16 heavy (non-hydrogen) atoms. The van der Waals surface area contributed by atoms with Crippen LogP contribution in [0.1, 0.15) is 18.1 Å². The molecule has 4 heteroatoms. The van der Waals surface area contributed by atoms with Gasteiger partial charge in [0.2, 0.25) is 0 Å². The van der Waals surface area contributed by atoms with Gasteiger partial charge in [0.1, 0.15) is 11.7 Å². The van der Waals surface area contributed by atoms with Gasteiger partial charge < -0.3 is 15.5 Å². The number of nitrogens with one attached hydrogen (secondary N) is 1. The van der Waals surface area contributed by atoms with Crippen molar-refractivity contribution in [1.82, 2.24) is 0 Å². The molecule has 0 aliphatic carbocycles. The molecule has 1 unspecified atom stereocenters. The van der Waals surface area contributed by atoms with Crippen molar-refractivity contribution >= 4 is 5.69 Å². The van der Waals surface area contributed by atoms with Crippen LogP contribution in [0.15, 0.2) is 18.2 Å². The van der Waals surface area contributed by atoms with Crippen LogP contribution in [-0.2, 0) is 0 Å². The molecule has 3 N–H and O–H groups in total. The zero-order valence-corrected chi connectivity index (χ0v) is 9.49. The second-order valence-corrected chi connectivity index (χ2v) is 4.17. The summed E-state index contributed by atoms with van der Waals surface area (Å²) < 4.78 is 0. The Morgan fingerprint density at radius 3 is 2.75 bits per heavy atom. The average Bonchev–Trinajstić information content (AvgIpc) is 2.27. The number of hydrogen-bond acceptors (Lipinski definition) is 4. The van der Waals surface area contributed by atoms with E-state index in [4.69, 9.17) is 10.4 Å². The fourth-order valence-corrected chi connectivity index (χ4v) is 1.25. The van der Waals surface area contributed by atoms with Crippen LogP contribution in [0.2, 0.25) is 0 Å². The summed E-state index contributed by atoms with van der Waals surface area (Å²) in [5.41, 5.74) is 1.03. The topological polar surface area (TPSA) is 76.3 Å². The van der Waals surface area contributed by atoms with E-state index in [2.05, 4.69) is 11.4 Å². The van der Waals surface area contributed by atoms with Gasteiger partial charge in [-0.3, -0.25) is 0 Å². The Morgan fingerprint density at radius 2 is 2.19 bits per heavy atom. The fraction of sp³-hybridized carbons (Fsp3) is 0.417. The van der Waals surface area contributed by atoms with Crippen molar-refractivity contribution in [3.63, 3.8) is 0 Å². The highest BCUT2D eigenvalue weighted by Gasteiger charge is 2.18. The molecule has 1 atom stereocenters. The number of benzene rings is 1. The van der Waals surface area contributed by atoms with Gasteiger partial charge in [-0.1, -0.05) is 6.07 Å². The average molecular weight is 220 g/mol. The Bertz CT molecular complexity index is 408. The number of nitriles is 1. The van der Waals surface area contributed by atoms with Crippen molar-refractivity contribution in [3.8, 4) is 6.07 Å². The number of aliphatic hydroxyl groups excluding tert-OH is 1. The summed E-state index contributed by atoms with van der Waals surface area (Å²) in [6.45, 7) is 3.31. The normalized spacial score (nSPS) is 13.9. The van der Waals surface area contributed by atoms with E-state index >= 15 is 0 Å². The van der Waals surface area contributed by atoms with Crippen molar-refractivity contribution in [2.24, 2.45) is 0 Å². The van der Waals surface area contributed by atoms with E-state index in [0.29, 0.717) is 11.3 Å². The lowest BCUT2D eigenvalue weighted by atomic mass is 10.1. The van der Waals surface area contributed by atoms with Gasteiger partial charge in [0.15, 0.2) is 0 Å². The van der Waals surface area contributed by atoms with Gasteiger partial charge in [0.05, 0.1) is 17.9 Å². The lowest BCUT2D eigenvalue weighted by molar-refractivity contribution is 0.0132. The number of nitrogens with zero attached hydrogens (tertiary/aromatic N) is 1. The first kappa shape index (κ1) is 12.5. The maximum Gasteiger partial charge on any atom is 0.102 e. The van der Waals surface area contributed by atoms with Crippen LogP contribution in [-0.4, -0.2) is 29.0 Å². The third-order valence-corrected chi connectivity index (χ3v) is 2.30. The Labute approximate surface area is 95.2 Å². The van der Waals surface area contributed by atoms with Gasteiger partial charge in [-0.05, 0) is 31.5 Å². The van der Waals surface area contributed by atoms with Crippen molar-refractivity contribution in [2.45, 2.75) is 19.4 Å². The zero-order valence-electron chi connectivity index (χ0n) is 9.49. The lowest BCUT2D eigenvalue weighted by Crippen LogP contribution is -2.37. The Morgan fingerprint density at radius 1 is 1.50 bits per heavy atom. The number of hydrogen-bond donors (Lipinski definition) is 3. The molecule has 0 amide bonds. The second-order valence-electron chi connectivity index (χ2n) is 4.17. The third-order valence-electron chi connectivity index (χ3n) is 2.30. The number of anilines is 1. The molecule has 0 aliphatic rings. The number of aliphatic hydroxyl groups is 2. The molecule has 0 heterocycles. The Kier molecular flexibility index (Phi) is 3.88. The third kappa shape index (κ3) is 3.23. The highest BCUT2D eigenvalue weighted by atomic mass is 16.3. The highest BCUT2D eigenvalue weighted by Crippen LogP contribution is 2.17. The van der Waals surface area contributed by atoms with Crippen LogP contribution in [0.25, 0.3) is 0 Å². The van der Waals surface area contributed by atoms with Crippen LogP contribution < -0.4 is 5.32 Å². The Balaban J connectivity index is 2.79. The second kappa shape index (κ2) is 4.97. The predicted octanol–water partition coefficient (Wildman–Crippen LogP) is 1.02. The van der Waals surface area contributed by atoms with Gasteiger partial charge in [0.25, 0.3) is 0 Å². The molecule has 86 valence electrons. The van der Waals surface area contributed by atoms with Crippen LogP contribution >= 0.6 is 0 Å². The monoisotopic (exact) mass is 220 g/mol. The molecular weight excluding hydrogens is 204 g/mol. The zero-order chi connectivity index (χ0) is 12.2. The van der Waals surface area contributed by atoms with Crippen molar-refractivity contribution in [3.05, 3.63) is 29.3 Å². The summed E-state index contributed by atoms with van der Waals surface area (Å²) >= 11 is 0.